The molecule has 0 bridgehead atoms. The lowest BCUT2D eigenvalue weighted by molar-refractivity contribution is 0.281. The number of hydrogen-bond donors (Lipinski definition) is 1. The Bertz CT molecular complexity index is 523. The molecule has 17 heavy (non-hydrogen) atoms. The Morgan fingerprint density at radius 3 is 3.12 bits per heavy atom. The minimum Gasteiger partial charge on any atom is -0.392 e. The van der Waals surface area contributed by atoms with Crippen LogP contribution in [0, 0.1) is 0 Å². The van der Waals surface area contributed by atoms with Gasteiger partial charge in [-0.3, -0.25) is 4.98 Å². The second kappa shape index (κ2) is 4.18. The molecule has 0 aromatic carbocycles. The second-order valence-electron chi connectivity index (χ2n) is 4.12. The number of rotatable bonds is 2. The third kappa shape index (κ3) is 1.78. The number of imidazole rings is 1. The summed E-state index contributed by atoms with van der Waals surface area (Å²) in [6.45, 7) is 2.66. The van der Waals surface area contributed by atoms with E-state index in [2.05, 4.69) is 19.4 Å². The molecule has 1 aliphatic heterocycles. The molecule has 5 heteroatoms. The van der Waals surface area contributed by atoms with Gasteiger partial charge >= 0.3 is 0 Å². The van der Waals surface area contributed by atoms with Crippen LogP contribution in [-0.4, -0.2) is 26.2 Å². The number of fused-ring (bicyclic) bond motifs is 1. The van der Waals surface area contributed by atoms with Crippen LogP contribution >= 0.6 is 0 Å². The van der Waals surface area contributed by atoms with Crippen molar-refractivity contribution in [1.82, 2.24) is 14.5 Å². The number of aliphatic hydroxyl groups is 1. The number of nitrogens with zero attached hydrogens (tertiary/aromatic N) is 4. The Balaban J connectivity index is 1.91. The quantitative estimate of drug-likeness (QED) is 0.828. The minimum atomic E-state index is 0.0444. The molecule has 3 rings (SSSR count). The summed E-state index contributed by atoms with van der Waals surface area (Å²) in [7, 11) is 0. The van der Waals surface area contributed by atoms with Gasteiger partial charge < -0.3 is 14.6 Å². The summed E-state index contributed by atoms with van der Waals surface area (Å²) in [6, 6.07) is 1.86. The second-order valence-corrected chi connectivity index (χ2v) is 4.12. The van der Waals surface area contributed by atoms with Gasteiger partial charge in [0.2, 0.25) is 0 Å². The molecule has 0 radical (unpaired) electrons. The van der Waals surface area contributed by atoms with E-state index < -0.39 is 0 Å². The third-order valence-corrected chi connectivity index (χ3v) is 3.14. The van der Waals surface area contributed by atoms with E-state index in [9.17, 15) is 5.11 Å². The van der Waals surface area contributed by atoms with Crippen molar-refractivity contribution in [1.29, 1.82) is 0 Å². The Hall–Kier alpha value is -1.88. The van der Waals surface area contributed by atoms with Crippen molar-refractivity contribution in [3.8, 4) is 0 Å². The molecule has 0 atom stereocenters. The fourth-order valence-corrected chi connectivity index (χ4v) is 2.21. The van der Waals surface area contributed by atoms with E-state index in [1.165, 1.54) is 0 Å². The molecule has 0 amide bonds. The van der Waals surface area contributed by atoms with Gasteiger partial charge in [-0.2, -0.15) is 0 Å². The van der Waals surface area contributed by atoms with Crippen molar-refractivity contribution in [2.45, 2.75) is 19.7 Å². The SMILES string of the molecule is OCc1ccncc1N1CCn2ccnc2C1. The van der Waals surface area contributed by atoms with Gasteiger partial charge in [-0.1, -0.05) is 0 Å². The molecule has 3 heterocycles. The van der Waals surface area contributed by atoms with Crippen LogP contribution in [0.3, 0.4) is 0 Å². The fraction of sp³-hybridized carbons (Fsp3) is 0.333. The molecule has 0 spiro atoms. The van der Waals surface area contributed by atoms with Crippen molar-refractivity contribution in [3.63, 3.8) is 0 Å². The Kier molecular flexibility index (Phi) is 2.53. The van der Waals surface area contributed by atoms with E-state index in [0.717, 1.165) is 36.7 Å². The first-order valence-corrected chi connectivity index (χ1v) is 5.67. The maximum atomic E-state index is 9.33. The summed E-state index contributed by atoms with van der Waals surface area (Å²) in [5.41, 5.74) is 1.92. The number of aliphatic hydroxyl groups excluding tert-OH is 1. The van der Waals surface area contributed by atoms with Crippen molar-refractivity contribution >= 4 is 5.69 Å². The average molecular weight is 230 g/mol. The maximum Gasteiger partial charge on any atom is 0.128 e. The molecule has 0 saturated carbocycles. The number of anilines is 1. The van der Waals surface area contributed by atoms with Crippen LogP contribution in [0.1, 0.15) is 11.4 Å². The lowest BCUT2D eigenvalue weighted by Crippen LogP contribution is -2.34. The van der Waals surface area contributed by atoms with Crippen LogP contribution in [0.15, 0.2) is 30.9 Å². The van der Waals surface area contributed by atoms with Crippen molar-refractivity contribution in [2.75, 3.05) is 11.4 Å². The van der Waals surface area contributed by atoms with Gasteiger partial charge in [-0.25, -0.2) is 4.98 Å². The number of aromatic nitrogens is 3. The lowest BCUT2D eigenvalue weighted by Gasteiger charge is -2.30. The van der Waals surface area contributed by atoms with Gasteiger partial charge in [0.15, 0.2) is 0 Å². The monoisotopic (exact) mass is 230 g/mol. The summed E-state index contributed by atoms with van der Waals surface area (Å²) in [6.07, 6.45) is 7.35. The van der Waals surface area contributed by atoms with E-state index in [4.69, 9.17) is 0 Å². The molecule has 1 aliphatic rings. The van der Waals surface area contributed by atoms with Crippen LogP contribution in [0.25, 0.3) is 0 Å². The predicted molar refractivity (Wildman–Crippen MR) is 63.4 cm³/mol. The normalized spacial score (nSPS) is 14.8. The smallest absolute Gasteiger partial charge is 0.128 e. The first kappa shape index (κ1) is 10.3. The molecule has 5 nitrogen and oxygen atoms in total. The van der Waals surface area contributed by atoms with Gasteiger partial charge in [-0.15, -0.1) is 0 Å². The Morgan fingerprint density at radius 1 is 1.29 bits per heavy atom. The highest BCUT2D eigenvalue weighted by atomic mass is 16.3. The first-order valence-electron chi connectivity index (χ1n) is 5.67. The van der Waals surface area contributed by atoms with Gasteiger partial charge in [0.1, 0.15) is 5.82 Å². The van der Waals surface area contributed by atoms with E-state index in [1.807, 2.05) is 24.7 Å². The largest absolute Gasteiger partial charge is 0.392 e. The predicted octanol–water partition coefficient (Wildman–Crippen LogP) is 0.791. The highest BCUT2D eigenvalue weighted by Crippen LogP contribution is 2.23. The van der Waals surface area contributed by atoms with E-state index in [-0.39, 0.29) is 6.61 Å². The molecular weight excluding hydrogens is 216 g/mol. The lowest BCUT2D eigenvalue weighted by atomic mass is 10.2. The molecule has 88 valence electrons. The van der Waals surface area contributed by atoms with Crippen LogP contribution in [0.4, 0.5) is 5.69 Å². The summed E-state index contributed by atoms with van der Waals surface area (Å²) in [5, 5.41) is 9.33. The van der Waals surface area contributed by atoms with E-state index in [0.29, 0.717) is 0 Å². The summed E-state index contributed by atoms with van der Waals surface area (Å²) >= 11 is 0. The average Bonchev–Trinajstić information content (AvgIpc) is 2.85. The molecule has 0 fully saturated rings. The summed E-state index contributed by atoms with van der Waals surface area (Å²) in [5.74, 6) is 1.06. The molecule has 0 saturated heterocycles. The first-order chi connectivity index (χ1) is 8.38. The summed E-state index contributed by atoms with van der Waals surface area (Å²) in [4.78, 5) is 10.7. The standard InChI is InChI=1S/C12H14N4O/c17-9-10-1-2-13-7-11(10)16-6-5-15-4-3-14-12(15)8-16/h1-4,7,17H,5-6,8-9H2. The van der Waals surface area contributed by atoms with E-state index in [1.54, 1.807) is 6.20 Å². The molecule has 1 N–H and O–H groups in total. The van der Waals surface area contributed by atoms with E-state index >= 15 is 0 Å². The van der Waals surface area contributed by atoms with Crippen molar-refractivity contribution in [2.24, 2.45) is 0 Å². The topological polar surface area (TPSA) is 54.2 Å². The zero-order chi connectivity index (χ0) is 11.7. The minimum absolute atomic E-state index is 0.0444. The fourth-order valence-electron chi connectivity index (χ4n) is 2.21. The molecular formula is C12H14N4O. The van der Waals surface area contributed by atoms with Crippen molar-refractivity contribution in [3.05, 3.63) is 42.2 Å². The van der Waals surface area contributed by atoms with Crippen LogP contribution in [0.5, 0.6) is 0 Å². The zero-order valence-electron chi connectivity index (χ0n) is 9.45. The molecule has 0 aliphatic carbocycles. The van der Waals surface area contributed by atoms with Crippen LogP contribution in [0.2, 0.25) is 0 Å². The van der Waals surface area contributed by atoms with Gasteiger partial charge in [0, 0.05) is 37.2 Å². The van der Waals surface area contributed by atoms with Gasteiger partial charge in [0.05, 0.1) is 25.0 Å². The third-order valence-electron chi connectivity index (χ3n) is 3.14. The van der Waals surface area contributed by atoms with Crippen molar-refractivity contribution < 1.29 is 5.11 Å². The molecule has 2 aromatic rings. The molecule has 2 aromatic heterocycles. The Labute approximate surface area is 99.4 Å². The highest BCUT2D eigenvalue weighted by molar-refractivity contribution is 5.51. The number of pyridine rings is 1. The van der Waals surface area contributed by atoms with Gasteiger partial charge in [-0.05, 0) is 6.07 Å². The number of hydrogen-bond acceptors (Lipinski definition) is 4. The van der Waals surface area contributed by atoms with Gasteiger partial charge in [0.25, 0.3) is 0 Å². The van der Waals surface area contributed by atoms with Crippen LogP contribution < -0.4 is 4.90 Å². The summed E-state index contributed by atoms with van der Waals surface area (Å²) < 4.78 is 2.16. The highest BCUT2D eigenvalue weighted by Gasteiger charge is 2.18. The van der Waals surface area contributed by atoms with Crippen LogP contribution in [-0.2, 0) is 19.7 Å². The zero-order valence-corrected chi connectivity index (χ0v) is 9.45. The maximum absolute atomic E-state index is 9.33. The molecule has 0 unspecified atom stereocenters. The Morgan fingerprint density at radius 2 is 2.24 bits per heavy atom.